The molecule has 1 aromatic carbocycles. The quantitative estimate of drug-likeness (QED) is 0.460. The van der Waals surface area contributed by atoms with Gasteiger partial charge >= 0.3 is 5.97 Å². The van der Waals surface area contributed by atoms with Crippen molar-refractivity contribution >= 4 is 28.2 Å². The minimum Gasteiger partial charge on any atom is -0.489 e. The lowest BCUT2D eigenvalue weighted by atomic mass is 10.2. The van der Waals surface area contributed by atoms with Crippen LogP contribution in [0.3, 0.4) is 0 Å². The molecule has 0 aliphatic heterocycles. The molecule has 0 fully saturated rings. The number of esters is 1. The molecule has 0 amide bonds. The Balaban J connectivity index is 2.53. The molecule has 0 unspecified atom stereocenters. The maximum absolute atomic E-state index is 11.0. The normalized spacial score (nSPS) is 10.3. The van der Waals surface area contributed by atoms with Gasteiger partial charge in [0.05, 0.1) is 12.2 Å². The third kappa shape index (κ3) is 4.71. The molecule has 0 aliphatic rings. The zero-order valence-corrected chi connectivity index (χ0v) is 11.5. The van der Waals surface area contributed by atoms with Crippen molar-refractivity contribution in [3.8, 4) is 5.75 Å². The van der Waals surface area contributed by atoms with Gasteiger partial charge in [-0.2, -0.15) is 0 Å². The summed E-state index contributed by atoms with van der Waals surface area (Å²) in [6.45, 7) is 2.27. The van der Waals surface area contributed by atoms with Gasteiger partial charge in [-0.1, -0.05) is 15.9 Å². The first-order chi connectivity index (χ1) is 8.67. The third-order valence-corrected chi connectivity index (χ3v) is 2.47. The van der Waals surface area contributed by atoms with Crippen LogP contribution in [0.2, 0.25) is 0 Å². The number of benzene rings is 1. The second-order valence-electron chi connectivity index (χ2n) is 3.27. The Kier molecular flexibility index (Phi) is 6.14. The Bertz CT molecular complexity index is 454. The van der Waals surface area contributed by atoms with Gasteiger partial charge in [0.2, 0.25) is 0 Å². The van der Waals surface area contributed by atoms with E-state index in [4.69, 9.17) is 9.47 Å². The van der Waals surface area contributed by atoms with E-state index in [1.165, 1.54) is 12.2 Å². The zero-order valence-electron chi connectivity index (χ0n) is 9.89. The van der Waals surface area contributed by atoms with Crippen LogP contribution in [-0.4, -0.2) is 25.5 Å². The van der Waals surface area contributed by atoms with E-state index in [9.17, 15) is 9.59 Å². The Morgan fingerprint density at radius 1 is 1.44 bits per heavy atom. The summed E-state index contributed by atoms with van der Waals surface area (Å²) < 4.78 is 10.9. The maximum atomic E-state index is 11.0. The molecule has 96 valence electrons. The van der Waals surface area contributed by atoms with Crippen molar-refractivity contribution in [3.63, 3.8) is 0 Å². The molecule has 0 saturated heterocycles. The lowest BCUT2D eigenvalue weighted by molar-refractivity contribution is -0.137. The molecular weight excluding hydrogens is 300 g/mol. The van der Waals surface area contributed by atoms with Crippen LogP contribution < -0.4 is 4.74 Å². The Morgan fingerprint density at radius 3 is 2.89 bits per heavy atom. The van der Waals surface area contributed by atoms with Gasteiger partial charge in [-0.15, -0.1) is 0 Å². The number of halogens is 1. The summed E-state index contributed by atoms with van der Waals surface area (Å²) in [5, 5.41) is 0. The van der Waals surface area contributed by atoms with Crippen molar-refractivity contribution in [1.82, 2.24) is 0 Å². The standard InChI is InChI=1S/C13H13BrO4/c1-2-17-13(16)4-3-7-18-12-6-5-11(14)8-10(12)9-15/h3-6,8-9H,2,7H2,1H3. The largest absolute Gasteiger partial charge is 0.489 e. The van der Waals surface area contributed by atoms with Gasteiger partial charge in [0.1, 0.15) is 12.4 Å². The summed E-state index contributed by atoms with van der Waals surface area (Å²) in [7, 11) is 0. The topological polar surface area (TPSA) is 52.6 Å². The average molecular weight is 313 g/mol. The summed E-state index contributed by atoms with van der Waals surface area (Å²) in [6, 6.07) is 5.13. The summed E-state index contributed by atoms with van der Waals surface area (Å²) in [6.07, 6.45) is 3.55. The average Bonchev–Trinajstić information content (AvgIpc) is 2.36. The van der Waals surface area contributed by atoms with E-state index < -0.39 is 5.97 Å². The lowest BCUT2D eigenvalue weighted by Crippen LogP contribution is -2.01. The number of rotatable bonds is 6. The van der Waals surface area contributed by atoms with Crippen molar-refractivity contribution in [1.29, 1.82) is 0 Å². The fourth-order valence-corrected chi connectivity index (χ4v) is 1.59. The number of hydrogen-bond donors (Lipinski definition) is 0. The molecule has 1 rings (SSSR count). The molecule has 0 aliphatic carbocycles. The van der Waals surface area contributed by atoms with Crippen molar-refractivity contribution in [3.05, 3.63) is 40.4 Å². The zero-order chi connectivity index (χ0) is 13.4. The van der Waals surface area contributed by atoms with E-state index in [1.54, 1.807) is 25.1 Å². The fraction of sp³-hybridized carbons (Fsp3) is 0.231. The Morgan fingerprint density at radius 2 is 2.22 bits per heavy atom. The highest BCUT2D eigenvalue weighted by atomic mass is 79.9. The second-order valence-corrected chi connectivity index (χ2v) is 4.18. The predicted octanol–water partition coefficient (Wildman–Crippen LogP) is 2.76. The van der Waals surface area contributed by atoms with Gasteiger partial charge in [0.15, 0.2) is 6.29 Å². The summed E-state index contributed by atoms with van der Waals surface area (Å²) >= 11 is 3.27. The molecule has 18 heavy (non-hydrogen) atoms. The molecule has 0 bridgehead atoms. The number of aldehydes is 1. The number of carbonyl (C=O) groups is 2. The van der Waals surface area contributed by atoms with Crippen molar-refractivity contribution in [2.75, 3.05) is 13.2 Å². The first-order valence-electron chi connectivity index (χ1n) is 5.38. The smallest absolute Gasteiger partial charge is 0.330 e. The molecule has 0 N–H and O–H groups in total. The molecule has 0 aromatic heterocycles. The van der Waals surface area contributed by atoms with E-state index in [0.29, 0.717) is 17.9 Å². The van der Waals surface area contributed by atoms with E-state index in [0.717, 1.165) is 10.8 Å². The first-order valence-corrected chi connectivity index (χ1v) is 6.17. The Labute approximate surface area is 114 Å². The molecule has 1 aromatic rings. The van der Waals surface area contributed by atoms with Crippen LogP contribution >= 0.6 is 15.9 Å². The fourth-order valence-electron chi connectivity index (χ4n) is 1.22. The van der Waals surface area contributed by atoms with E-state index in [1.807, 2.05) is 0 Å². The minimum atomic E-state index is -0.410. The molecular formula is C13H13BrO4. The van der Waals surface area contributed by atoms with E-state index in [-0.39, 0.29) is 6.61 Å². The minimum absolute atomic E-state index is 0.196. The van der Waals surface area contributed by atoms with Gasteiger partial charge in [0.25, 0.3) is 0 Å². The molecule has 0 heterocycles. The number of carbonyl (C=O) groups excluding carboxylic acids is 2. The van der Waals surface area contributed by atoms with Crippen LogP contribution in [-0.2, 0) is 9.53 Å². The van der Waals surface area contributed by atoms with Crippen molar-refractivity contribution < 1.29 is 19.1 Å². The Hall–Kier alpha value is -1.62. The number of ether oxygens (including phenoxy) is 2. The van der Waals surface area contributed by atoms with Crippen LogP contribution in [0.1, 0.15) is 17.3 Å². The monoisotopic (exact) mass is 312 g/mol. The van der Waals surface area contributed by atoms with Crippen LogP contribution in [0, 0.1) is 0 Å². The van der Waals surface area contributed by atoms with Crippen LogP contribution in [0.4, 0.5) is 0 Å². The predicted molar refractivity (Wildman–Crippen MR) is 70.8 cm³/mol. The number of hydrogen-bond acceptors (Lipinski definition) is 4. The van der Waals surface area contributed by atoms with Gasteiger partial charge < -0.3 is 9.47 Å². The first kappa shape index (κ1) is 14.4. The maximum Gasteiger partial charge on any atom is 0.330 e. The third-order valence-electron chi connectivity index (χ3n) is 1.97. The summed E-state index contributed by atoms with van der Waals surface area (Å²) in [5.41, 5.74) is 0.453. The molecule has 0 spiro atoms. The highest BCUT2D eigenvalue weighted by molar-refractivity contribution is 9.10. The van der Waals surface area contributed by atoms with Crippen LogP contribution in [0.15, 0.2) is 34.8 Å². The second kappa shape index (κ2) is 7.66. The van der Waals surface area contributed by atoms with E-state index >= 15 is 0 Å². The molecule has 0 radical (unpaired) electrons. The molecule has 0 saturated carbocycles. The van der Waals surface area contributed by atoms with Gasteiger partial charge in [0, 0.05) is 10.5 Å². The highest BCUT2D eigenvalue weighted by Crippen LogP contribution is 2.21. The van der Waals surface area contributed by atoms with Crippen LogP contribution in [0.5, 0.6) is 5.75 Å². The van der Waals surface area contributed by atoms with Crippen LogP contribution in [0.25, 0.3) is 0 Å². The highest BCUT2D eigenvalue weighted by Gasteiger charge is 2.02. The van der Waals surface area contributed by atoms with Gasteiger partial charge in [-0.3, -0.25) is 4.79 Å². The lowest BCUT2D eigenvalue weighted by Gasteiger charge is -2.06. The molecule has 5 heteroatoms. The van der Waals surface area contributed by atoms with Gasteiger partial charge in [-0.25, -0.2) is 4.79 Å². The van der Waals surface area contributed by atoms with E-state index in [2.05, 4.69) is 15.9 Å². The SMILES string of the molecule is CCOC(=O)C=CCOc1ccc(Br)cc1C=O. The van der Waals surface area contributed by atoms with Crippen molar-refractivity contribution in [2.24, 2.45) is 0 Å². The summed E-state index contributed by atoms with van der Waals surface area (Å²) in [4.78, 5) is 21.8. The van der Waals surface area contributed by atoms with Crippen molar-refractivity contribution in [2.45, 2.75) is 6.92 Å². The molecule has 0 atom stereocenters. The summed E-state index contributed by atoms with van der Waals surface area (Å²) in [5.74, 6) is 0.0641. The van der Waals surface area contributed by atoms with Gasteiger partial charge in [-0.05, 0) is 31.2 Å². The molecule has 4 nitrogen and oxygen atoms in total.